The summed E-state index contributed by atoms with van der Waals surface area (Å²) in [6.07, 6.45) is 2.67. The minimum Gasteiger partial charge on any atom is -0.342 e. The molecule has 0 bridgehead atoms. The summed E-state index contributed by atoms with van der Waals surface area (Å²) in [5.41, 5.74) is 2.29. The van der Waals surface area contributed by atoms with Crippen molar-refractivity contribution in [1.29, 1.82) is 0 Å². The van der Waals surface area contributed by atoms with Gasteiger partial charge in [0.2, 0.25) is 0 Å². The van der Waals surface area contributed by atoms with E-state index in [0.29, 0.717) is 5.88 Å². The highest BCUT2D eigenvalue weighted by atomic mass is 35.5. The molecule has 1 aromatic carbocycles. The number of aryl methyl sites for hydroxylation is 1. The molecule has 0 saturated heterocycles. The highest BCUT2D eigenvalue weighted by molar-refractivity contribution is 7.17. The maximum atomic E-state index is 5.71. The number of benzene rings is 1. The van der Waals surface area contributed by atoms with Crippen molar-refractivity contribution < 1.29 is 0 Å². The van der Waals surface area contributed by atoms with Gasteiger partial charge in [-0.25, -0.2) is 4.98 Å². The first-order valence-corrected chi connectivity index (χ1v) is 6.86. The highest BCUT2D eigenvalue weighted by Gasteiger charge is 2.08. The fourth-order valence-corrected chi connectivity index (χ4v) is 3.04. The van der Waals surface area contributed by atoms with Crippen LogP contribution in [0.1, 0.15) is 5.82 Å². The first kappa shape index (κ1) is 10.8. The number of imidazole rings is 1. The monoisotopic (exact) mass is 262 g/mol. The van der Waals surface area contributed by atoms with Gasteiger partial charge < -0.3 is 4.98 Å². The summed E-state index contributed by atoms with van der Waals surface area (Å²) < 4.78 is 1.30. The lowest BCUT2D eigenvalue weighted by molar-refractivity contribution is 0.997. The van der Waals surface area contributed by atoms with E-state index in [2.05, 4.69) is 39.6 Å². The van der Waals surface area contributed by atoms with Crippen molar-refractivity contribution in [2.75, 3.05) is 5.88 Å². The average molecular weight is 263 g/mol. The second-order valence-electron chi connectivity index (χ2n) is 3.83. The van der Waals surface area contributed by atoms with Gasteiger partial charge >= 0.3 is 0 Å². The van der Waals surface area contributed by atoms with E-state index in [1.165, 1.54) is 15.6 Å². The maximum absolute atomic E-state index is 5.71. The van der Waals surface area contributed by atoms with E-state index in [9.17, 15) is 0 Å². The van der Waals surface area contributed by atoms with Crippen LogP contribution in [0.3, 0.4) is 0 Å². The third kappa shape index (κ3) is 1.96. The van der Waals surface area contributed by atoms with Gasteiger partial charge in [0.05, 0.1) is 11.9 Å². The van der Waals surface area contributed by atoms with Gasteiger partial charge in [-0.15, -0.1) is 22.9 Å². The molecule has 0 radical (unpaired) electrons. The molecule has 86 valence electrons. The molecular weight excluding hydrogens is 252 g/mol. The van der Waals surface area contributed by atoms with Gasteiger partial charge in [-0.3, -0.25) is 0 Å². The van der Waals surface area contributed by atoms with Crippen molar-refractivity contribution in [3.63, 3.8) is 0 Å². The fourth-order valence-electron chi connectivity index (χ4n) is 1.90. The minimum absolute atomic E-state index is 0.595. The second-order valence-corrected chi connectivity index (χ2v) is 5.12. The lowest BCUT2D eigenvalue weighted by atomic mass is 10.1. The molecule has 0 saturated carbocycles. The van der Waals surface area contributed by atoms with Gasteiger partial charge in [-0.1, -0.05) is 18.2 Å². The van der Waals surface area contributed by atoms with Crippen LogP contribution in [0.15, 0.2) is 35.8 Å². The van der Waals surface area contributed by atoms with E-state index in [1.54, 1.807) is 11.3 Å². The number of aromatic amines is 1. The number of nitrogens with one attached hydrogen (secondary N) is 1. The Morgan fingerprint density at radius 2 is 2.18 bits per heavy atom. The molecule has 3 rings (SSSR count). The zero-order valence-electron chi connectivity index (χ0n) is 9.11. The van der Waals surface area contributed by atoms with Crippen LogP contribution in [0.25, 0.3) is 21.3 Å². The van der Waals surface area contributed by atoms with Gasteiger partial charge in [0.25, 0.3) is 0 Å². The van der Waals surface area contributed by atoms with E-state index >= 15 is 0 Å². The molecule has 1 N–H and O–H groups in total. The van der Waals surface area contributed by atoms with Crippen LogP contribution in [0.5, 0.6) is 0 Å². The molecule has 17 heavy (non-hydrogen) atoms. The number of hydrogen-bond acceptors (Lipinski definition) is 2. The molecule has 0 unspecified atom stereocenters. The molecule has 2 aromatic heterocycles. The molecule has 0 atom stereocenters. The largest absolute Gasteiger partial charge is 0.342 e. The molecule has 3 aromatic rings. The summed E-state index contributed by atoms with van der Waals surface area (Å²) in [5, 5.41) is 3.45. The number of fused-ring (bicyclic) bond motifs is 1. The van der Waals surface area contributed by atoms with Crippen LogP contribution in [0, 0.1) is 0 Å². The summed E-state index contributed by atoms with van der Waals surface area (Å²) in [6, 6.07) is 8.41. The van der Waals surface area contributed by atoms with Crippen molar-refractivity contribution in [3.05, 3.63) is 41.7 Å². The summed E-state index contributed by atoms with van der Waals surface area (Å²) in [4.78, 5) is 7.65. The summed E-state index contributed by atoms with van der Waals surface area (Å²) >= 11 is 7.46. The normalized spacial score (nSPS) is 11.1. The van der Waals surface area contributed by atoms with Crippen LogP contribution in [-0.4, -0.2) is 15.8 Å². The Morgan fingerprint density at radius 3 is 3.06 bits per heavy atom. The Bertz CT molecular complexity index is 641. The third-order valence-electron chi connectivity index (χ3n) is 2.73. The number of alkyl halides is 1. The molecule has 0 aliphatic rings. The standard InChI is InChI=1S/C13H11ClN2S/c14-6-5-13-15-7-11(16-13)10-8-17-12-4-2-1-3-9(10)12/h1-4,7-8H,5-6H2,(H,15,16). The molecule has 0 aliphatic heterocycles. The number of thiophene rings is 1. The molecule has 0 fully saturated rings. The third-order valence-corrected chi connectivity index (χ3v) is 3.88. The van der Waals surface area contributed by atoms with Gasteiger partial charge in [-0.05, 0) is 6.07 Å². The smallest absolute Gasteiger partial charge is 0.107 e. The average Bonchev–Trinajstić information content (AvgIpc) is 2.95. The molecule has 0 spiro atoms. The van der Waals surface area contributed by atoms with Gasteiger partial charge in [0.15, 0.2) is 0 Å². The number of aromatic nitrogens is 2. The molecule has 0 aliphatic carbocycles. The van der Waals surface area contributed by atoms with Crippen molar-refractivity contribution in [2.24, 2.45) is 0 Å². The van der Waals surface area contributed by atoms with Gasteiger partial charge in [-0.2, -0.15) is 0 Å². The Kier molecular flexibility index (Phi) is 2.87. The first-order valence-electron chi connectivity index (χ1n) is 5.45. The number of H-pyrrole nitrogens is 1. The highest BCUT2D eigenvalue weighted by Crippen LogP contribution is 2.32. The van der Waals surface area contributed by atoms with Crippen molar-refractivity contribution >= 4 is 33.0 Å². The lowest BCUT2D eigenvalue weighted by Gasteiger charge is -1.95. The molecule has 4 heteroatoms. The van der Waals surface area contributed by atoms with Crippen LogP contribution in [0.4, 0.5) is 0 Å². The predicted octanol–water partition coefficient (Wildman–Crippen LogP) is 4.07. The van der Waals surface area contributed by atoms with Gasteiger partial charge in [0.1, 0.15) is 5.82 Å². The van der Waals surface area contributed by atoms with E-state index in [-0.39, 0.29) is 0 Å². The second kappa shape index (κ2) is 4.51. The van der Waals surface area contributed by atoms with Crippen molar-refractivity contribution in [2.45, 2.75) is 6.42 Å². The van der Waals surface area contributed by atoms with E-state index < -0.39 is 0 Å². The van der Waals surface area contributed by atoms with Crippen LogP contribution >= 0.6 is 22.9 Å². The first-order chi connectivity index (χ1) is 8.38. The van der Waals surface area contributed by atoms with E-state index in [0.717, 1.165) is 17.9 Å². The van der Waals surface area contributed by atoms with E-state index in [4.69, 9.17) is 11.6 Å². The predicted molar refractivity (Wildman–Crippen MR) is 73.8 cm³/mol. The van der Waals surface area contributed by atoms with Crippen molar-refractivity contribution in [1.82, 2.24) is 9.97 Å². The zero-order chi connectivity index (χ0) is 11.7. The summed E-state index contributed by atoms with van der Waals surface area (Å²) in [7, 11) is 0. The Balaban J connectivity index is 2.07. The number of halogens is 1. The van der Waals surface area contributed by atoms with Crippen molar-refractivity contribution in [3.8, 4) is 11.3 Å². The Morgan fingerprint density at radius 1 is 1.29 bits per heavy atom. The number of rotatable bonds is 3. The SMILES string of the molecule is ClCCc1ncc(-c2csc3ccccc23)[nH]1. The zero-order valence-corrected chi connectivity index (χ0v) is 10.7. The topological polar surface area (TPSA) is 28.7 Å². The Labute approximate surface area is 108 Å². The molecule has 2 nitrogen and oxygen atoms in total. The maximum Gasteiger partial charge on any atom is 0.107 e. The van der Waals surface area contributed by atoms with Crippen LogP contribution in [0.2, 0.25) is 0 Å². The van der Waals surface area contributed by atoms with Crippen LogP contribution in [-0.2, 0) is 6.42 Å². The lowest BCUT2D eigenvalue weighted by Crippen LogP contribution is -1.88. The Hall–Kier alpha value is -1.32. The molecule has 2 heterocycles. The van der Waals surface area contributed by atoms with Gasteiger partial charge in [0, 0.05) is 33.3 Å². The summed E-state index contributed by atoms with van der Waals surface area (Å²) in [5.74, 6) is 1.54. The fraction of sp³-hybridized carbons (Fsp3) is 0.154. The number of nitrogens with zero attached hydrogens (tertiary/aromatic N) is 1. The molecule has 0 amide bonds. The summed E-state index contributed by atoms with van der Waals surface area (Å²) in [6.45, 7) is 0. The molecular formula is C13H11ClN2S. The minimum atomic E-state index is 0.595. The van der Waals surface area contributed by atoms with Crippen LogP contribution < -0.4 is 0 Å². The quantitative estimate of drug-likeness (QED) is 0.708. The number of hydrogen-bond donors (Lipinski definition) is 1. The van der Waals surface area contributed by atoms with E-state index in [1.807, 2.05) is 6.20 Å².